The number of oxime groups is 1. The maximum atomic E-state index is 13.9. The molecule has 0 bridgehead atoms. The van der Waals surface area contributed by atoms with Crippen LogP contribution in [0.1, 0.15) is 70.0 Å². The molecule has 1 unspecified atom stereocenters. The zero-order valence-electron chi connectivity index (χ0n) is 32.4. The van der Waals surface area contributed by atoms with E-state index in [1.54, 1.807) is 90.1 Å². The van der Waals surface area contributed by atoms with Crippen molar-refractivity contribution in [1.82, 2.24) is 10.3 Å². The Morgan fingerprint density at radius 3 is 1.98 bits per heavy atom. The van der Waals surface area contributed by atoms with Crippen molar-refractivity contribution in [2.45, 2.75) is 65.0 Å². The van der Waals surface area contributed by atoms with E-state index in [0.717, 1.165) is 11.3 Å². The van der Waals surface area contributed by atoms with Crippen LogP contribution in [-0.4, -0.2) is 82.8 Å². The molecule has 57 heavy (non-hydrogen) atoms. The highest BCUT2D eigenvalue weighted by atomic mass is 32.1. The maximum absolute atomic E-state index is 13.9. The molecule has 3 aromatic carbocycles. The van der Waals surface area contributed by atoms with Gasteiger partial charge in [0.15, 0.2) is 11.2 Å². The van der Waals surface area contributed by atoms with E-state index < -0.39 is 59.9 Å². The van der Waals surface area contributed by atoms with Gasteiger partial charge in [0.1, 0.15) is 35.1 Å². The van der Waals surface area contributed by atoms with Gasteiger partial charge in [-0.05, 0) is 76.9 Å². The third-order valence-electron chi connectivity index (χ3n) is 7.14. The number of alkyl carbamates (subject to hydrolysis) is 1. The molecule has 0 radical (unpaired) electrons. The SMILES string of the molecule is CC(C)(C)OC(=O)NCCN=C(N)c1ccc(OCC(O/N=C(\C(=O)O)c2csc(NC(=O)OC(C)(C)C)n2)C(=O)OC(c2ccccc2)c2ccccc2)cc1. The fourth-order valence-electron chi connectivity index (χ4n) is 4.69. The van der Waals surface area contributed by atoms with E-state index in [1.807, 2.05) is 36.4 Å². The number of nitrogens with two attached hydrogens (primary N) is 1. The van der Waals surface area contributed by atoms with Gasteiger partial charge in [-0.15, -0.1) is 11.3 Å². The lowest BCUT2D eigenvalue weighted by Gasteiger charge is -2.22. The number of rotatable bonds is 16. The smallest absolute Gasteiger partial charge is 0.413 e. The van der Waals surface area contributed by atoms with Crippen molar-refractivity contribution in [2.75, 3.05) is 25.0 Å². The first-order valence-electron chi connectivity index (χ1n) is 17.7. The molecule has 302 valence electrons. The third kappa shape index (κ3) is 14.6. The number of nitrogens with one attached hydrogen (secondary N) is 2. The molecule has 16 nitrogen and oxygen atoms in total. The second kappa shape index (κ2) is 19.9. The Morgan fingerprint density at radius 2 is 1.42 bits per heavy atom. The van der Waals surface area contributed by atoms with Gasteiger partial charge in [-0.3, -0.25) is 10.3 Å². The Balaban J connectivity index is 1.52. The molecular weight excluding hydrogens is 757 g/mol. The first-order chi connectivity index (χ1) is 27.0. The summed E-state index contributed by atoms with van der Waals surface area (Å²) in [7, 11) is 0. The molecule has 0 saturated heterocycles. The minimum atomic E-state index is -1.57. The van der Waals surface area contributed by atoms with Crippen LogP contribution >= 0.6 is 11.3 Å². The van der Waals surface area contributed by atoms with Crippen LogP contribution in [0.2, 0.25) is 0 Å². The van der Waals surface area contributed by atoms with Crippen LogP contribution in [0.4, 0.5) is 14.7 Å². The van der Waals surface area contributed by atoms with Gasteiger partial charge >= 0.3 is 24.1 Å². The molecule has 1 aromatic heterocycles. The lowest BCUT2D eigenvalue weighted by molar-refractivity contribution is -0.163. The largest absolute Gasteiger partial charge is 0.489 e. The molecule has 4 aromatic rings. The topological polar surface area (TPSA) is 222 Å². The van der Waals surface area contributed by atoms with E-state index in [2.05, 4.69) is 25.8 Å². The Bertz CT molecular complexity index is 1990. The number of carbonyl (C=O) groups excluding carboxylic acids is 3. The van der Waals surface area contributed by atoms with Crippen LogP contribution < -0.4 is 21.1 Å². The van der Waals surface area contributed by atoms with Crippen molar-refractivity contribution in [3.8, 4) is 5.75 Å². The number of aliphatic imine (C=N–C) groups is 1. The number of esters is 1. The Hall–Kier alpha value is -6.49. The molecule has 1 heterocycles. The molecule has 0 aliphatic carbocycles. The minimum absolute atomic E-state index is 0.0488. The summed E-state index contributed by atoms with van der Waals surface area (Å²) in [6.45, 7) is 10.3. The third-order valence-corrected chi connectivity index (χ3v) is 7.90. The summed E-state index contributed by atoms with van der Waals surface area (Å²) >= 11 is 0.934. The highest BCUT2D eigenvalue weighted by Crippen LogP contribution is 2.27. The number of benzene rings is 3. The van der Waals surface area contributed by atoms with Gasteiger partial charge in [-0.2, -0.15) is 0 Å². The van der Waals surface area contributed by atoms with Crippen LogP contribution in [-0.2, 0) is 28.6 Å². The Labute approximate surface area is 334 Å². The van der Waals surface area contributed by atoms with Crippen molar-refractivity contribution in [1.29, 1.82) is 0 Å². The highest BCUT2D eigenvalue weighted by Gasteiger charge is 2.30. The van der Waals surface area contributed by atoms with Gasteiger partial charge in [0.25, 0.3) is 6.10 Å². The average Bonchev–Trinajstić information content (AvgIpc) is 3.60. The van der Waals surface area contributed by atoms with E-state index in [1.165, 1.54) is 5.38 Å². The molecule has 5 N–H and O–H groups in total. The van der Waals surface area contributed by atoms with E-state index in [0.29, 0.717) is 22.4 Å². The fourth-order valence-corrected chi connectivity index (χ4v) is 5.37. The van der Waals surface area contributed by atoms with Gasteiger partial charge < -0.3 is 39.9 Å². The zero-order valence-corrected chi connectivity index (χ0v) is 33.2. The summed E-state index contributed by atoms with van der Waals surface area (Å²) in [6.07, 6.45) is -3.77. The van der Waals surface area contributed by atoms with Gasteiger partial charge in [0, 0.05) is 17.5 Å². The summed E-state index contributed by atoms with van der Waals surface area (Å²) in [4.78, 5) is 64.3. The minimum Gasteiger partial charge on any atom is -0.489 e. The number of amidine groups is 1. The number of amides is 2. The van der Waals surface area contributed by atoms with E-state index in [9.17, 15) is 24.3 Å². The van der Waals surface area contributed by atoms with Gasteiger partial charge in [0.2, 0.25) is 5.71 Å². The predicted molar refractivity (Wildman–Crippen MR) is 214 cm³/mol. The lowest BCUT2D eigenvalue weighted by Crippen LogP contribution is -2.34. The monoisotopic (exact) mass is 802 g/mol. The molecule has 0 aliphatic rings. The normalized spacial score (nSPS) is 12.6. The standard InChI is InChI=1S/C40H46N6O10S/c1-39(2,3)54-37(50)43-22-21-42-33(41)27-17-19-28(20-18-27)52-23-30(35(49)53-32(25-13-9-7-10-14-25)26-15-11-8-12-16-26)56-46-31(34(47)48)29-24-57-36(44-29)45-38(51)55-40(4,5)6/h7-20,24,30,32H,21-23H2,1-6H3,(H2,41,42)(H,43,50)(H,47,48)(H,44,45,51)/b46-31-. The second-order valence-electron chi connectivity index (χ2n) is 14.2. The molecule has 0 spiro atoms. The number of thiazole rings is 1. The number of carboxylic acids is 1. The summed E-state index contributed by atoms with van der Waals surface area (Å²) in [5.74, 6) is -1.90. The second-order valence-corrected chi connectivity index (χ2v) is 15.0. The van der Waals surface area contributed by atoms with Crippen LogP contribution in [0, 0.1) is 0 Å². The Kier molecular flexibility index (Phi) is 15.1. The number of carboxylic acid groups (broad SMARTS) is 1. The zero-order chi connectivity index (χ0) is 41.6. The molecule has 0 fully saturated rings. The summed E-state index contributed by atoms with van der Waals surface area (Å²) in [5, 5.41) is 20.3. The Morgan fingerprint density at radius 1 is 0.842 bits per heavy atom. The van der Waals surface area contributed by atoms with Crippen molar-refractivity contribution in [3.05, 3.63) is 113 Å². The first kappa shape index (κ1) is 43.2. The summed E-state index contributed by atoms with van der Waals surface area (Å²) in [6, 6.07) is 24.6. The molecule has 2 amide bonds. The first-order valence-corrected chi connectivity index (χ1v) is 18.6. The van der Waals surface area contributed by atoms with Crippen LogP contribution in [0.3, 0.4) is 0 Å². The maximum Gasteiger partial charge on any atom is 0.413 e. The quantitative estimate of drug-likeness (QED) is 0.0245. The van der Waals surface area contributed by atoms with Gasteiger partial charge in [0.05, 0.1) is 6.54 Å². The number of anilines is 1. The predicted octanol–water partition coefficient (Wildman–Crippen LogP) is 6.31. The molecular formula is C40H46N6O10S. The number of hydrogen-bond acceptors (Lipinski definition) is 13. The molecule has 1 atom stereocenters. The van der Waals surface area contributed by atoms with Crippen molar-refractivity contribution < 1.29 is 48.1 Å². The number of carbonyl (C=O) groups is 4. The fraction of sp³-hybridized carbons (Fsp3) is 0.325. The number of aliphatic carboxylic acids is 1. The molecule has 0 saturated carbocycles. The van der Waals surface area contributed by atoms with Crippen molar-refractivity contribution in [2.24, 2.45) is 15.9 Å². The van der Waals surface area contributed by atoms with E-state index in [-0.39, 0.29) is 29.8 Å². The van der Waals surface area contributed by atoms with Gasteiger partial charge in [-0.1, -0.05) is 65.8 Å². The lowest BCUT2D eigenvalue weighted by atomic mass is 10.0. The van der Waals surface area contributed by atoms with Crippen molar-refractivity contribution in [3.63, 3.8) is 0 Å². The van der Waals surface area contributed by atoms with Crippen LogP contribution in [0.25, 0.3) is 0 Å². The summed E-state index contributed by atoms with van der Waals surface area (Å²) in [5.41, 5.74) is 5.88. The van der Waals surface area contributed by atoms with Crippen LogP contribution in [0.15, 0.2) is 100 Å². The van der Waals surface area contributed by atoms with Gasteiger partial charge in [-0.25, -0.2) is 24.2 Å². The number of nitrogens with zero attached hydrogens (tertiary/aromatic N) is 3. The molecule has 17 heteroatoms. The van der Waals surface area contributed by atoms with Crippen molar-refractivity contribution >= 4 is 52.1 Å². The molecule has 0 aliphatic heterocycles. The van der Waals surface area contributed by atoms with E-state index in [4.69, 9.17) is 29.5 Å². The van der Waals surface area contributed by atoms with Crippen LogP contribution in [0.5, 0.6) is 5.75 Å². The highest BCUT2D eigenvalue weighted by molar-refractivity contribution is 7.14. The van der Waals surface area contributed by atoms with E-state index >= 15 is 0 Å². The average molecular weight is 803 g/mol. The number of aromatic nitrogens is 1. The number of ether oxygens (including phenoxy) is 4. The summed E-state index contributed by atoms with van der Waals surface area (Å²) < 4.78 is 22.3. The molecule has 4 rings (SSSR count). The number of hydrogen-bond donors (Lipinski definition) is 4.